The Balaban J connectivity index is 0. The zero-order valence-electron chi connectivity index (χ0n) is 12.2. The van der Waals surface area contributed by atoms with Crippen LogP contribution in [0.25, 0.3) is 0 Å². The van der Waals surface area contributed by atoms with Gasteiger partial charge in [0.05, 0.1) is 6.26 Å². The van der Waals surface area contributed by atoms with Gasteiger partial charge in [0.25, 0.3) is 10.1 Å². The van der Waals surface area contributed by atoms with Crippen LogP contribution in [0.1, 0.15) is 33.6 Å². The molecule has 8 heteroatoms. The van der Waals surface area contributed by atoms with Crippen molar-refractivity contribution in [2.24, 2.45) is 0 Å². The lowest BCUT2D eigenvalue weighted by molar-refractivity contribution is 0.0294. The Morgan fingerprint density at radius 1 is 1.26 bits per heavy atom. The molecule has 0 aliphatic rings. The quantitative estimate of drug-likeness (QED) is 0.595. The summed E-state index contributed by atoms with van der Waals surface area (Å²) in [6, 6.07) is 0. The van der Waals surface area contributed by atoms with Crippen LogP contribution in [-0.4, -0.2) is 61.1 Å². The molecule has 0 rings (SSSR count). The Labute approximate surface area is 115 Å². The van der Waals surface area contributed by atoms with Crippen LogP contribution in [0, 0.1) is 0 Å². The van der Waals surface area contributed by atoms with Crippen molar-refractivity contribution >= 4 is 16.2 Å². The first-order valence-electron chi connectivity index (χ1n) is 5.84. The van der Waals surface area contributed by atoms with Gasteiger partial charge in [0.1, 0.15) is 5.60 Å². The van der Waals surface area contributed by atoms with Gasteiger partial charge in [0.2, 0.25) is 0 Å². The molecule has 2 N–H and O–H groups in total. The predicted molar refractivity (Wildman–Crippen MR) is 72.7 cm³/mol. The molecule has 0 radical (unpaired) electrons. The summed E-state index contributed by atoms with van der Waals surface area (Å²) in [5.74, 6) is 0. The molecule has 0 atom stereocenters. The molecule has 0 aromatic carbocycles. The maximum absolute atomic E-state index is 11.4. The topological polar surface area (TPSA) is 104 Å². The van der Waals surface area contributed by atoms with E-state index in [0.29, 0.717) is 19.2 Å². The predicted octanol–water partition coefficient (Wildman–Crippen LogP) is 1.13. The number of aliphatic hydroxyl groups excluding tert-OH is 1. The molecule has 0 fully saturated rings. The van der Waals surface area contributed by atoms with Crippen LogP contribution in [-0.2, 0) is 14.9 Å². The second kappa shape index (κ2) is 9.11. The molecule has 0 saturated heterocycles. The van der Waals surface area contributed by atoms with Crippen molar-refractivity contribution in [1.29, 1.82) is 0 Å². The fourth-order valence-electron chi connectivity index (χ4n) is 0.892. The third kappa shape index (κ3) is 22.8. The normalized spacial score (nSPS) is 11.3. The van der Waals surface area contributed by atoms with Crippen molar-refractivity contribution in [3.63, 3.8) is 0 Å². The lowest BCUT2D eigenvalue weighted by Crippen LogP contribution is -2.34. The summed E-state index contributed by atoms with van der Waals surface area (Å²) >= 11 is 0. The van der Waals surface area contributed by atoms with Crippen molar-refractivity contribution in [3.8, 4) is 0 Å². The molecule has 1 amide bonds. The first kappa shape index (κ1) is 20.5. The Morgan fingerprint density at radius 3 is 2.00 bits per heavy atom. The van der Waals surface area contributed by atoms with Crippen LogP contribution in [0.4, 0.5) is 4.79 Å². The van der Waals surface area contributed by atoms with Gasteiger partial charge in [-0.25, -0.2) is 4.79 Å². The SMILES string of the molecule is CN(CCCCO)C(=O)OC(C)(C)C.CS(=O)(=O)O. The largest absolute Gasteiger partial charge is 0.444 e. The molecule has 7 nitrogen and oxygen atoms in total. The van der Waals surface area contributed by atoms with Crippen LogP contribution in [0.2, 0.25) is 0 Å². The minimum Gasteiger partial charge on any atom is -0.444 e. The molecule has 0 bridgehead atoms. The van der Waals surface area contributed by atoms with Crippen LogP contribution in [0.5, 0.6) is 0 Å². The van der Waals surface area contributed by atoms with Crippen LogP contribution in [0.3, 0.4) is 0 Å². The number of rotatable bonds is 4. The summed E-state index contributed by atoms with van der Waals surface area (Å²) < 4.78 is 31.0. The second-order valence-corrected chi connectivity index (χ2v) is 6.53. The number of carbonyl (C=O) groups is 1. The Hall–Kier alpha value is -0.860. The molecule has 0 heterocycles. The van der Waals surface area contributed by atoms with Crippen molar-refractivity contribution in [2.45, 2.75) is 39.2 Å². The Morgan fingerprint density at radius 2 is 1.68 bits per heavy atom. The van der Waals surface area contributed by atoms with E-state index >= 15 is 0 Å². The van der Waals surface area contributed by atoms with E-state index in [2.05, 4.69) is 0 Å². The van der Waals surface area contributed by atoms with E-state index < -0.39 is 15.7 Å². The molecule has 19 heavy (non-hydrogen) atoms. The molecular weight excluding hydrogens is 274 g/mol. The summed E-state index contributed by atoms with van der Waals surface area (Å²) in [5, 5.41) is 8.57. The van der Waals surface area contributed by atoms with Gasteiger partial charge in [-0.2, -0.15) is 8.42 Å². The number of hydrogen-bond acceptors (Lipinski definition) is 5. The van der Waals surface area contributed by atoms with E-state index in [1.165, 1.54) is 4.90 Å². The zero-order valence-corrected chi connectivity index (χ0v) is 13.0. The maximum atomic E-state index is 11.4. The molecule has 0 saturated carbocycles. The van der Waals surface area contributed by atoms with Crippen molar-refractivity contribution in [2.75, 3.05) is 26.5 Å². The highest BCUT2D eigenvalue weighted by atomic mass is 32.2. The fraction of sp³-hybridized carbons (Fsp3) is 0.909. The van der Waals surface area contributed by atoms with E-state index in [1.54, 1.807) is 7.05 Å². The number of ether oxygens (including phenoxy) is 1. The number of unbranched alkanes of at least 4 members (excludes halogenated alkanes) is 1. The smallest absolute Gasteiger partial charge is 0.410 e. The number of nitrogens with zero attached hydrogens (tertiary/aromatic N) is 1. The maximum Gasteiger partial charge on any atom is 0.410 e. The van der Waals surface area contributed by atoms with Gasteiger partial charge >= 0.3 is 6.09 Å². The lowest BCUT2D eigenvalue weighted by Gasteiger charge is -2.24. The van der Waals surface area contributed by atoms with Gasteiger partial charge in [-0.3, -0.25) is 4.55 Å². The van der Waals surface area contributed by atoms with Gasteiger partial charge in [-0.15, -0.1) is 0 Å². The molecule has 0 aromatic heterocycles. The standard InChI is InChI=1S/C10H21NO3.CH4O3S/c1-10(2,3)14-9(13)11(4)7-5-6-8-12;1-5(2,3)4/h12H,5-8H2,1-4H3;1H3,(H,2,3,4). The molecule has 0 unspecified atom stereocenters. The summed E-state index contributed by atoms with van der Waals surface area (Å²) in [6.07, 6.45) is 1.92. The van der Waals surface area contributed by atoms with E-state index in [9.17, 15) is 13.2 Å². The molecule has 0 spiro atoms. The van der Waals surface area contributed by atoms with E-state index in [1.807, 2.05) is 20.8 Å². The summed E-state index contributed by atoms with van der Waals surface area (Å²) in [5.41, 5.74) is -0.442. The first-order chi connectivity index (χ1) is 8.37. The fourth-order valence-corrected chi connectivity index (χ4v) is 0.892. The molecular formula is C11H25NO6S. The van der Waals surface area contributed by atoms with E-state index in [0.717, 1.165) is 6.42 Å². The molecule has 0 aromatic rings. The lowest BCUT2D eigenvalue weighted by atomic mass is 10.2. The monoisotopic (exact) mass is 299 g/mol. The summed E-state index contributed by atoms with van der Waals surface area (Å²) in [4.78, 5) is 12.9. The van der Waals surface area contributed by atoms with Gasteiger partial charge in [0.15, 0.2) is 0 Å². The third-order valence-electron chi connectivity index (χ3n) is 1.61. The van der Waals surface area contributed by atoms with Gasteiger partial charge < -0.3 is 14.7 Å². The third-order valence-corrected chi connectivity index (χ3v) is 1.61. The van der Waals surface area contributed by atoms with Crippen molar-refractivity contribution in [1.82, 2.24) is 4.90 Å². The van der Waals surface area contributed by atoms with Crippen LogP contribution >= 0.6 is 0 Å². The van der Waals surface area contributed by atoms with Gasteiger partial charge in [0, 0.05) is 20.2 Å². The van der Waals surface area contributed by atoms with E-state index in [4.69, 9.17) is 14.4 Å². The van der Waals surface area contributed by atoms with Crippen LogP contribution < -0.4 is 0 Å². The number of aliphatic hydroxyl groups is 1. The summed E-state index contributed by atoms with van der Waals surface area (Å²) in [6.45, 7) is 6.31. The minimum absolute atomic E-state index is 0.169. The highest BCUT2D eigenvalue weighted by Gasteiger charge is 2.18. The minimum atomic E-state index is -3.67. The van der Waals surface area contributed by atoms with Crippen molar-refractivity contribution < 1.29 is 27.6 Å². The summed E-state index contributed by atoms with van der Waals surface area (Å²) in [7, 11) is -1.97. The highest BCUT2D eigenvalue weighted by molar-refractivity contribution is 7.85. The van der Waals surface area contributed by atoms with Gasteiger partial charge in [-0.1, -0.05) is 0 Å². The number of hydrogen-bond donors (Lipinski definition) is 2. The Bertz CT molecular complexity index is 339. The second-order valence-electron chi connectivity index (χ2n) is 5.07. The van der Waals surface area contributed by atoms with E-state index in [-0.39, 0.29) is 12.7 Å². The number of amides is 1. The van der Waals surface area contributed by atoms with Crippen LogP contribution in [0.15, 0.2) is 0 Å². The van der Waals surface area contributed by atoms with Crippen molar-refractivity contribution in [3.05, 3.63) is 0 Å². The molecule has 0 aliphatic heterocycles. The average molecular weight is 299 g/mol. The average Bonchev–Trinajstić information content (AvgIpc) is 2.12. The molecule has 0 aliphatic carbocycles. The highest BCUT2D eigenvalue weighted by Crippen LogP contribution is 2.09. The first-order valence-corrected chi connectivity index (χ1v) is 7.69. The molecule has 116 valence electrons. The zero-order chi connectivity index (χ0) is 15.7. The van der Waals surface area contributed by atoms with Gasteiger partial charge in [-0.05, 0) is 33.6 Å². The Kier molecular flexibility index (Phi) is 9.81. The number of carbonyl (C=O) groups excluding carboxylic acids is 1.